The summed E-state index contributed by atoms with van der Waals surface area (Å²) in [7, 11) is 4.02. The number of hydrogen-bond acceptors (Lipinski definition) is 9. The van der Waals surface area contributed by atoms with Crippen LogP contribution in [0.1, 0.15) is 24.8 Å². The number of likely N-dealkylation sites (N-methyl/N-ethyl adjacent to an activating group) is 1. The second kappa shape index (κ2) is 11.4. The summed E-state index contributed by atoms with van der Waals surface area (Å²) in [6.45, 7) is 6.09. The molecule has 2 aliphatic heterocycles. The molecule has 1 saturated carbocycles. The third-order valence-corrected chi connectivity index (χ3v) is 8.94. The van der Waals surface area contributed by atoms with Crippen molar-refractivity contribution in [3.8, 4) is 0 Å². The molecule has 42 heavy (non-hydrogen) atoms. The molecule has 3 atom stereocenters. The van der Waals surface area contributed by atoms with Crippen LogP contribution in [0.4, 0.5) is 17.3 Å². The summed E-state index contributed by atoms with van der Waals surface area (Å²) in [6.07, 6.45) is 13.1. The van der Waals surface area contributed by atoms with Crippen LogP contribution in [0.3, 0.4) is 0 Å². The molecule has 2 saturated heterocycles. The van der Waals surface area contributed by atoms with E-state index in [1.54, 1.807) is 10.9 Å². The molecule has 3 aliphatic rings. The Kier molecular flexibility index (Phi) is 7.28. The lowest BCUT2D eigenvalue weighted by Crippen LogP contribution is -2.48. The van der Waals surface area contributed by atoms with Crippen molar-refractivity contribution in [1.82, 2.24) is 44.0 Å². The third-order valence-electron chi connectivity index (χ3n) is 8.94. The summed E-state index contributed by atoms with van der Waals surface area (Å²) < 4.78 is 11.7. The fourth-order valence-corrected chi connectivity index (χ4v) is 6.64. The van der Waals surface area contributed by atoms with Crippen LogP contribution in [0.15, 0.2) is 43.1 Å². The minimum atomic E-state index is 0.0871. The Balaban J connectivity index is 1.01. The standard InChI is InChI=1S/C29H39N11O2/c1-35-8-10-37(11-9-35)27(41)19-39-18-24(15-31-39)32-29-33-28-25(4-3-6-40(28)34-29)38-7-5-21-12-23(17-38)26(13-21)42-20-22-14-30-36(2)16-22/h3-4,6,14-16,18,21,23,26H,5,7-13,17,19-20H2,1-2H3,(H,32,34)/t21?,23-,26-/m1/s1. The topological polar surface area (TPSA) is 114 Å². The highest BCUT2D eigenvalue weighted by Crippen LogP contribution is 2.40. The lowest BCUT2D eigenvalue weighted by Gasteiger charge is -2.32. The molecule has 222 valence electrons. The predicted molar refractivity (Wildman–Crippen MR) is 157 cm³/mol. The van der Waals surface area contributed by atoms with Gasteiger partial charge < -0.3 is 24.8 Å². The normalized spacial score (nSPS) is 23.0. The maximum atomic E-state index is 12.7. The number of piperazine rings is 1. The van der Waals surface area contributed by atoms with Gasteiger partial charge in [-0.05, 0) is 44.4 Å². The van der Waals surface area contributed by atoms with E-state index in [1.165, 1.54) is 6.42 Å². The van der Waals surface area contributed by atoms with E-state index >= 15 is 0 Å². The number of hydrogen-bond donors (Lipinski definition) is 1. The Bertz CT molecular complexity index is 1540. The van der Waals surface area contributed by atoms with Crippen molar-refractivity contribution in [3.05, 3.63) is 48.7 Å². The van der Waals surface area contributed by atoms with E-state index in [0.717, 1.165) is 74.7 Å². The first kappa shape index (κ1) is 26.9. The van der Waals surface area contributed by atoms with Crippen molar-refractivity contribution in [2.24, 2.45) is 18.9 Å². The van der Waals surface area contributed by atoms with Crippen LogP contribution in [0, 0.1) is 11.8 Å². The average molecular weight is 574 g/mol. The highest BCUT2D eigenvalue weighted by atomic mass is 16.5. The molecule has 1 N–H and O–H groups in total. The third kappa shape index (κ3) is 5.71. The van der Waals surface area contributed by atoms with Gasteiger partial charge in [0.2, 0.25) is 11.9 Å². The van der Waals surface area contributed by atoms with Gasteiger partial charge in [-0.2, -0.15) is 15.2 Å². The van der Waals surface area contributed by atoms with Crippen molar-refractivity contribution < 1.29 is 9.53 Å². The molecule has 4 aromatic heterocycles. The molecule has 7 rings (SSSR count). The van der Waals surface area contributed by atoms with E-state index in [1.807, 2.05) is 52.0 Å². The molecule has 1 aliphatic carbocycles. The van der Waals surface area contributed by atoms with Gasteiger partial charge >= 0.3 is 0 Å². The molecule has 4 aromatic rings. The molecule has 3 fully saturated rings. The fraction of sp³-hybridized carbons (Fsp3) is 0.552. The number of ether oxygens (including phenoxy) is 1. The highest BCUT2D eigenvalue weighted by molar-refractivity contribution is 5.76. The van der Waals surface area contributed by atoms with Crippen molar-refractivity contribution in [2.75, 3.05) is 56.5 Å². The van der Waals surface area contributed by atoms with Gasteiger partial charge in [0.15, 0.2) is 5.65 Å². The summed E-state index contributed by atoms with van der Waals surface area (Å²) in [5.41, 5.74) is 3.78. The molecule has 13 heteroatoms. The predicted octanol–water partition coefficient (Wildman–Crippen LogP) is 2.00. The van der Waals surface area contributed by atoms with Gasteiger partial charge in [0.1, 0.15) is 6.54 Å². The number of nitrogens with zero attached hydrogens (tertiary/aromatic N) is 10. The first-order valence-electron chi connectivity index (χ1n) is 14.9. The minimum absolute atomic E-state index is 0.0871. The van der Waals surface area contributed by atoms with Crippen molar-refractivity contribution >= 4 is 28.9 Å². The Hall–Kier alpha value is -3.97. The molecule has 13 nitrogen and oxygen atoms in total. The Morgan fingerprint density at radius 3 is 2.79 bits per heavy atom. The summed E-state index contributed by atoms with van der Waals surface area (Å²) in [5, 5.41) is 16.6. The van der Waals surface area contributed by atoms with Crippen molar-refractivity contribution in [2.45, 2.75) is 38.5 Å². The van der Waals surface area contributed by atoms with Gasteiger partial charge in [0.25, 0.3) is 0 Å². The maximum Gasteiger partial charge on any atom is 0.247 e. The fourth-order valence-electron chi connectivity index (χ4n) is 6.64. The van der Waals surface area contributed by atoms with Gasteiger partial charge in [-0.1, -0.05) is 0 Å². The second-order valence-corrected chi connectivity index (χ2v) is 12.0. The van der Waals surface area contributed by atoms with Crippen LogP contribution < -0.4 is 10.2 Å². The molecular weight excluding hydrogens is 534 g/mol. The average Bonchev–Trinajstić information content (AvgIpc) is 3.75. The molecule has 0 aromatic carbocycles. The van der Waals surface area contributed by atoms with E-state index in [9.17, 15) is 4.79 Å². The lowest BCUT2D eigenvalue weighted by molar-refractivity contribution is -0.133. The number of aromatic nitrogens is 7. The van der Waals surface area contributed by atoms with Crippen LogP contribution in [-0.4, -0.2) is 102 Å². The van der Waals surface area contributed by atoms with E-state index in [2.05, 4.69) is 43.5 Å². The van der Waals surface area contributed by atoms with Gasteiger partial charge in [-0.15, -0.1) is 5.10 Å². The Labute approximate surface area is 245 Å². The zero-order valence-corrected chi connectivity index (χ0v) is 24.3. The van der Waals surface area contributed by atoms with E-state index in [-0.39, 0.29) is 18.6 Å². The second-order valence-electron chi connectivity index (χ2n) is 12.0. The van der Waals surface area contributed by atoms with Gasteiger partial charge in [0.05, 0.1) is 36.5 Å². The van der Waals surface area contributed by atoms with Crippen molar-refractivity contribution in [3.63, 3.8) is 0 Å². The maximum absolute atomic E-state index is 12.7. The van der Waals surface area contributed by atoms with E-state index in [0.29, 0.717) is 24.4 Å². The highest BCUT2D eigenvalue weighted by Gasteiger charge is 2.39. The number of carbonyl (C=O) groups is 1. The molecule has 1 amide bonds. The number of aryl methyl sites for hydroxylation is 1. The summed E-state index contributed by atoms with van der Waals surface area (Å²) in [5.74, 6) is 1.76. The van der Waals surface area contributed by atoms with Crippen LogP contribution >= 0.6 is 0 Å². The van der Waals surface area contributed by atoms with E-state index in [4.69, 9.17) is 9.72 Å². The summed E-state index contributed by atoms with van der Waals surface area (Å²) in [4.78, 5) is 24.2. The van der Waals surface area contributed by atoms with Crippen LogP contribution in [-0.2, 0) is 29.7 Å². The first-order valence-corrected chi connectivity index (χ1v) is 14.9. The molecule has 2 bridgehead atoms. The van der Waals surface area contributed by atoms with Crippen LogP contribution in [0.25, 0.3) is 5.65 Å². The molecule has 6 heterocycles. The number of pyridine rings is 1. The molecular formula is C29H39N11O2. The molecule has 1 unspecified atom stereocenters. The van der Waals surface area contributed by atoms with E-state index < -0.39 is 0 Å². The Morgan fingerprint density at radius 2 is 1.95 bits per heavy atom. The van der Waals surface area contributed by atoms with Crippen LogP contribution in [0.2, 0.25) is 0 Å². The number of carbonyl (C=O) groups excluding carboxylic acids is 1. The summed E-state index contributed by atoms with van der Waals surface area (Å²) >= 11 is 0. The SMILES string of the molecule is CN1CCN(C(=O)Cn2cc(Nc3nc4c(N5CCC6C[C@H](C5)[C@H](OCc5cnn(C)c5)C6)cccn4n3)cn2)CC1. The number of nitrogens with one attached hydrogen (secondary N) is 1. The zero-order chi connectivity index (χ0) is 28.6. The summed E-state index contributed by atoms with van der Waals surface area (Å²) in [6, 6.07) is 4.17. The van der Waals surface area contributed by atoms with Gasteiger partial charge in [0, 0.05) is 76.4 Å². The lowest BCUT2D eigenvalue weighted by atomic mass is 10.0. The first-order chi connectivity index (χ1) is 20.5. The van der Waals surface area contributed by atoms with Crippen molar-refractivity contribution in [1.29, 1.82) is 0 Å². The molecule has 0 radical (unpaired) electrons. The number of amides is 1. The quantitative estimate of drug-likeness (QED) is 0.338. The van der Waals surface area contributed by atoms with Gasteiger partial charge in [-0.3, -0.25) is 14.2 Å². The smallest absolute Gasteiger partial charge is 0.247 e. The number of fused-ring (bicyclic) bond motifs is 3. The minimum Gasteiger partial charge on any atom is -0.373 e. The number of rotatable bonds is 8. The molecule has 0 spiro atoms. The monoisotopic (exact) mass is 573 g/mol. The Morgan fingerprint density at radius 1 is 1.07 bits per heavy atom. The van der Waals surface area contributed by atoms with Crippen LogP contribution in [0.5, 0.6) is 0 Å². The number of anilines is 3. The zero-order valence-electron chi connectivity index (χ0n) is 24.3. The van der Waals surface area contributed by atoms with Gasteiger partial charge in [-0.25, -0.2) is 4.52 Å². The largest absolute Gasteiger partial charge is 0.373 e.